The summed E-state index contributed by atoms with van der Waals surface area (Å²) in [5, 5.41) is 2.65. The maximum atomic E-state index is 12.2. The quantitative estimate of drug-likeness (QED) is 0.392. The molecule has 0 spiro atoms. The van der Waals surface area contributed by atoms with Crippen LogP contribution >= 0.6 is 11.3 Å². The number of hydrogen-bond acceptors (Lipinski definition) is 7. The van der Waals surface area contributed by atoms with Crippen molar-refractivity contribution >= 4 is 40.8 Å². The highest BCUT2D eigenvalue weighted by Crippen LogP contribution is 2.18. The summed E-state index contributed by atoms with van der Waals surface area (Å²) in [5.74, 6) is -1.52. The number of carbonyl (C=O) groups is 5. The molecule has 1 aromatic carbocycles. The van der Waals surface area contributed by atoms with Crippen LogP contribution in [0.15, 0.2) is 36.4 Å². The Morgan fingerprint density at radius 3 is 2.33 bits per heavy atom. The predicted molar refractivity (Wildman–Crippen MR) is 108 cm³/mol. The summed E-state index contributed by atoms with van der Waals surface area (Å²) >= 11 is 1.23. The zero-order valence-electron chi connectivity index (χ0n) is 16.3. The lowest BCUT2D eigenvalue weighted by molar-refractivity contribution is -0.139. The van der Waals surface area contributed by atoms with Crippen LogP contribution in [0.1, 0.15) is 50.2 Å². The van der Waals surface area contributed by atoms with E-state index in [2.05, 4.69) is 5.32 Å². The molecule has 8 nitrogen and oxygen atoms in total. The van der Waals surface area contributed by atoms with Gasteiger partial charge in [-0.25, -0.2) is 4.79 Å². The van der Waals surface area contributed by atoms with Crippen molar-refractivity contribution in [3.63, 3.8) is 0 Å². The largest absolute Gasteiger partial charge is 0.454 e. The van der Waals surface area contributed by atoms with E-state index >= 15 is 0 Å². The zero-order chi connectivity index (χ0) is 21.7. The van der Waals surface area contributed by atoms with Crippen LogP contribution in [0.4, 0.5) is 0 Å². The van der Waals surface area contributed by atoms with E-state index in [1.165, 1.54) is 35.3 Å². The fraction of sp³-hybridized carbons (Fsp3) is 0.286. The Morgan fingerprint density at radius 2 is 1.70 bits per heavy atom. The minimum Gasteiger partial charge on any atom is -0.454 e. The molecule has 1 N–H and O–H groups in total. The lowest BCUT2D eigenvalue weighted by atomic mass is 10.1. The number of esters is 1. The van der Waals surface area contributed by atoms with Gasteiger partial charge in [-0.15, -0.1) is 11.3 Å². The van der Waals surface area contributed by atoms with Crippen LogP contribution in [-0.4, -0.2) is 41.0 Å². The standard InChI is InChI=1S/C21H20N2O6S/c1-13(24)22-10-16-6-7-18(30-16)17(25)12-29-21(28)15-4-2-14(3-5-15)11-23-19(26)8-9-20(23)27/h2-7H,8-12H2,1H3,(H,22,24). The van der Waals surface area contributed by atoms with E-state index < -0.39 is 12.6 Å². The summed E-state index contributed by atoms with van der Waals surface area (Å²) in [7, 11) is 0. The second-order valence-corrected chi connectivity index (χ2v) is 7.91. The summed E-state index contributed by atoms with van der Waals surface area (Å²) in [6.45, 7) is 1.54. The fourth-order valence-electron chi connectivity index (χ4n) is 2.85. The van der Waals surface area contributed by atoms with E-state index in [0.29, 0.717) is 11.4 Å². The topological polar surface area (TPSA) is 110 Å². The van der Waals surface area contributed by atoms with Gasteiger partial charge >= 0.3 is 5.97 Å². The number of ketones is 1. The van der Waals surface area contributed by atoms with Crippen LogP contribution in [0.5, 0.6) is 0 Å². The lowest BCUT2D eigenvalue weighted by Crippen LogP contribution is -2.28. The fourth-order valence-corrected chi connectivity index (χ4v) is 3.72. The third kappa shape index (κ3) is 5.38. The first-order valence-corrected chi connectivity index (χ1v) is 10.1. The van der Waals surface area contributed by atoms with Gasteiger partial charge in [0.15, 0.2) is 6.61 Å². The third-order valence-electron chi connectivity index (χ3n) is 4.47. The van der Waals surface area contributed by atoms with Crippen molar-refractivity contribution in [2.45, 2.75) is 32.9 Å². The van der Waals surface area contributed by atoms with Crippen LogP contribution < -0.4 is 5.32 Å². The second kappa shape index (κ2) is 9.45. The monoisotopic (exact) mass is 428 g/mol. The van der Waals surface area contributed by atoms with E-state index in [1.54, 1.807) is 24.3 Å². The summed E-state index contributed by atoms with van der Waals surface area (Å²) in [4.78, 5) is 61.2. The van der Waals surface area contributed by atoms with Crippen molar-refractivity contribution in [2.24, 2.45) is 0 Å². The molecule has 30 heavy (non-hydrogen) atoms. The van der Waals surface area contributed by atoms with E-state index in [0.717, 1.165) is 10.4 Å². The zero-order valence-corrected chi connectivity index (χ0v) is 17.1. The van der Waals surface area contributed by atoms with Crippen molar-refractivity contribution in [3.8, 4) is 0 Å². The van der Waals surface area contributed by atoms with Crippen LogP contribution in [0, 0.1) is 0 Å². The summed E-state index contributed by atoms with van der Waals surface area (Å²) in [6.07, 6.45) is 0.465. The number of likely N-dealkylation sites (tertiary alicyclic amines) is 1. The Kier molecular flexibility index (Phi) is 6.73. The normalized spacial score (nSPS) is 13.4. The number of Topliss-reactive ketones (excluding diaryl/α,β-unsaturated/α-hetero) is 1. The highest BCUT2D eigenvalue weighted by Gasteiger charge is 2.28. The van der Waals surface area contributed by atoms with Crippen molar-refractivity contribution in [1.82, 2.24) is 10.2 Å². The number of thiophene rings is 1. The number of ether oxygens (including phenoxy) is 1. The third-order valence-corrected chi connectivity index (χ3v) is 5.59. The van der Waals surface area contributed by atoms with Gasteiger partial charge in [-0.3, -0.25) is 24.1 Å². The molecule has 0 saturated carbocycles. The van der Waals surface area contributed by atoms with Gasteiger partial charge in [-0.2, -0.15) is 0 Å². The Hall–Kier alpha value is -3.33. The van der Waals surface area contributed by atoms with Gasteiger partial charge < -0.3 is 10.1 Å². The molecule has 3 amide bonds. The molecule has 1 aliphatic heterocycles. The Morgan fingerprint density at radius 1 is 1.03 bits per heavy atom. The van der Waals surface area contributed by atoms with E-state index in [9.17, 15) is 24.0 Å². The molecule has 2 heterocycles. The van der Waals surface area contributed by atoms with Crippen molar-refractivity contribution in [3.05, 3.63) is 57.3 Å². The highest BCUT2D eigenvalue weighted by atomic mass is 32.1. The Balaban J connectivity index is 1.51. The Bertz CT molecular complexity index is 979. The minimum atomic E-state index is -0.641. The van der Waals surface area contributed by atoms with Crippen LogP contribution in [0.25, 0.3) is 0 Å². The summed E-state index contributed by atoms with van der Waals surface area (Å²) in [5.41, 5.74) is 0.986. The molecule has 1 aliphatic rings. The number of nitrogens with one attached hydrogen (secondary N) is 1. The minimum absolute atomic E-state index is 0.158. The molecular weight excluding hydrogens is 408 g/mol. The van der Waals surface area contributed by atoms with Crippen molar-refractivity contribution in [2.75, 3.05) is 6.61 Å². The molecular formula is C21H20N2O6S. The van der Waals surface area contributed by atoms with Crippen molar-refractivity contribution in [1.29, 1.82) is 0 Å². The Labute approximate surface area is 176 Å². The van der Waals surface area contributed by atoms with Gasteiger partial charge in [0.1, 0.15) is 0 Å². The van der Waals surface area contributed by atoms with Crippen LogP contribution in [0.3, 0.4) is 0 Å². The number of carbonyl (C=O) groups excluding carboxylic acids is 5. The second-order valence-electron chi connectivity index (χ2n) is 6.75. The van der Waals surface area contributed by atoms with Gasteiger partial charge in [0, 0.05) is 24.6 Å². The average Bonchev–Trinajstić information content (AvgIpc) is 3.33. The molecule has 0 radical (unpaired) electrons. The maximum absolute atomic E-state index is 12.2. The molecule has 9 heteroatoms. The molecule has 156 valence electrons. The smallest absolute Gasteiger partial charge is 0.338 e. The first-order valence-electron chi connectivity index (χ1n) is 9.29. The van der Waals surface area contributed by atoms with Gasteiger partial charge in [-0.05, 0) is 29.8 Å². The molecule has 0 atom stereocenters. The lowest BCUT2D eigenvalue weighted by Gasteiger charge is -2.13. The SMILES string of the molecule is CC(=O)NCc1ccc(C(=O)COC(=O)c2ccc(CN3C(=O)CCC3=O)cc2)s1. The van der Waals surface area contributed by atoms with Crippen molar-refractivity contribution < 1.29 is 28.7 Å². The molecule has 0 bridgehead atoms. The molecule has 3 rings (SSSR count). The van der Waals surface area contributed by atoms with Gasteiger partial charge in [0.05, 0.1) is 23.5 Å². The predicted octanol–water partition coefficient (Wildman–Crippen LogP) is 2.07. The number of amides is 3. The van der Waals surface area contributed by atoms with Crippen LogP contribution in [0.2, 0.25) is 0 Å². The average molecular weight is 428 g/mol. The summed E-state index contributed by atoms with van der Waals surface area (Å²) in [6, 6.07) is 9.72. The first-order chi connectivity index (χ1) is 14.3. The molecule has 2 aromatic rings. The molecule has 0 aliphatic carbocycles. The molecule has 0 unspecified atom stereocenters. The molecule has 1 saturated heterocycles. The number of hydrogen-bond donors (Lipinski definition) is 1. The van der Waals surface area contributed by atoms with Gasteiger partial charge in [0.25, 0.3) is 0 Å². The first kappa shape index (κ1) is 21.4. The van der Waals surface area contributed by atoms with E-state index in [4.69, 9.17) is 4.74 Å². The number of rotatable bonds is 8. The summed E-state index contributed by atoms with van der Waals surface area (Å²) < 4.78 is 5.09. The maximum Gasteiger partial charge on any atom is 0.338 e. The molecule has 1 fully saturated rings. The van der Waals surface area contributed by atoms with E-state index in [-0.39, 0.29) is 48.5 Å². The van der Waals surface area contributed by atoms with Gasteiger partial charge in [-0.1, -0.05) is 12.1 Å². The number of imide groups is 1. The number of benzene rings is 1. The number of nitrogens with zero attached hydrogens (tertiary/aromatic N) is 1. The molecule has 1 aromatic heterocycles. The van der Waals surface area contributed by atoms with Gasteiger partial charge in [0.2, 0.25) is 23.5 Å². The van der Waals surface area contributed by atoms with E-state index in [1.807, 2.05) is 0 Å². The highest BCUT2D eigenvalue weighted by molar-refractivity contribution is 7.14. The van der Waals surface area contributed by atoms with Crippen LogP contribution in [-0.2, 0) is 32.2 Å².